The first-order valence-electron chi connectivity index (χ1n) is 11.6. The van der Waals surface area contributed by atoms with Gasteiger partial charge in [0.1, 0.15) is 16.7 Å². The van der Waals surface area contributed by atoms with Crippen LogP contribution in [-0.4, -0.2) is 66.6 Å². The Kier molecular flexibility index (Phi) is 8.72. The molecule has 3 rings (SSSR count). The number of aliphatic hydroxyl groups is 1. The molecular formula is C26H35N3O4S. The van der Waals surface area contributed by atoms with Gasteiger partial charge in [-0.05, 0) is 49.9 Å². The molecule has 0 saturated carbocycles. The molecule has 1 aromatic heterocycles. The van der Waals surface area contributed by atoms with Gasteiger partial charge in [-0.3, -0.25) is 9.88 Å². The third kappa shape index (κ3) is 6.36. The van der Waals surface area contributed by atoms with Gasteiger partial charge in [0.2, 0.25) is 10.0 Å². The second kappa shape index (κ2) is 11.3. The van der Waals surface area contributed by atoms with Crippen molar-refractivity contribution >= 4 is 10.0 Å². The van der Waals surface area contributed by atoms with E-state index >= 15 is 0 Å². The zero-order chi connectivity index (χ0) is 24.9. The number of fused-ring (bicyclic) bond motifs is 1. The standard InChI is InChI=1S/C26H35N3O4S/c1-19(2)6-7-22-8-9-26-24(14-22)33-25(17-28(5)16-23-10-12-27-13-11-23)20(3)15-29(21(4)18-30)34(26,31)32/h8-14,19-21,25,30H,15-18H2,1-5H3/t20-,21+,25+/m1/s1. The molecule has 8 heteroatoms. The van der Waals surface area contributed by atoms with Crippen LogP contribution < -0.4 is 4.74 Å². The fraction of sp³-hybridized carbons (Fsp3) is 0.500. The molecule has 3 atom stereocenters. The predicted octanol–water partition coefficient (Wildman–Crippen LogP) is 2.99. The maximum Gasteiger partial charge on any atom is 0.247 e. The Labute approximate surface area is 203 Å². The molecule has 2 aromatic rings. The first-order chi connectivity index (χ1) is 16.1. The average Bonchev–Trinajstić information content (AvgIpc) is 2.80. The Morgan fingerprint density at radius 2 is 1.94 bits per heavy atom. The number of pyridine rings is 1. The minimum atomic E-state index is -3.86. The monoisotopic (exact) mass is 485 g/mol. The SMILES string of the molecule is CC(C)C#Cc1ccc2c(c1)O[C@@H](CN(C)Cc1ccncc1)[C@H](C)CN([C@@H](C)CO)S2(=O)=O. The molecule has 0 amide bonds. The fourth-order valence-electron chi connectivity index (χ4n) is 3.92. The molecule has 2 heterocycles. The summed E-state index contributed by atoms with van der Waals surface area (Å²) >= 11 is 0. The molecule has 0 radical (unpaired) electrons. The number of hydrogen-bond acceptors (Lipinski definition) is 6. The maximum atomic E-state index is 13.6. The van der Waals surface area contributed by atoms with Crippen LogP contribution in [0.4, 0.5) is 0 Å². The van der Waals surface area contributed by atoms with Crippen molar-refractivity contribution in [2.75, 3.05) is 26.7 Å². The molecular weight excluding hydrogens is 450 g/mol. The lowest BCUT2D eigenvalue weighted by molar-refractivity contribution is 0.0733. The molecule has 1 aliphatic heterocycles. The van der Waals surface area contributed by atoms with E-state index in [1.54, 1.807) is 37.5 Å². The van der Waals surface area contributed by atoms with Crippen LogP contribution in [0, 0.1) is 23.7 Å². The van der Waals surface area contributed by atoms with E-state index in [1.807, 2.05) is 40.0 Å². The number of rotatable bonds is 6. The first-order valence-corrected chi connectivity index (χ1v) is 13.1. The van der Waals surface area contributed by atoms with Crippen molar-refractivity contribution in [1.29, 1.82) is 0 Å². The van der Waals surface area contributed by atoms with Gasteiger partial charge in [0.25, 0.3) is 0 Å². The van der Waals surface area contributed by atoms with Gasteiger partial charge in [-0.1, -0.05) is 32.6 Å². The van der Waals surface area contributed by atoms with Crippen LogP contribution in [0.2, 0.25) is 0 Å². The summed E-state index contributed by atoms with van der Waals surface area (Å²) in [5.74, 6) is 6.62. The summed E-state index contributed by atoms with van der Waals surface area (Å²) in [6.45, 7) is 9.05. The van der Waals surface area contributed by atoms with E-state index in [0.717, 1.165) is 12.1 Å². The number of benzene rings is 1. The second-order valence-electron chi connectivity index (χ2n) is 9.38. The Bertz CT molecular complexity index is 1130. The number of aliphatic hydroxyl groups excluding tert-OH is 1. The number of nitrogens with zero attached hydrogens (tertiary/aromatic N) is 3. The number of hydrogen-bond donors (Lipinski definition) is 1. The van der Waals surface area contributed by atoms with E-state index < -0.39 is 16.1 Å². The predicted molar refractivity (Wildman–Crippen MR) is 133 cm³/mol. The van der Waals surface area contributed by atoms with Crippen molar-refractivity contribution < 1.29 is 18.3 Å². The summed E-state index contributed by atoms with van der Waals surface area (Å²) in [5, 5.41) is 9.79. The lowest BCUT2D eigenvalue weighted by Gasteiger charge is -2.37. The van der Waals surface area contributed by atoms with Crippen molar-refractivity contribution in [1.82, 2.24) is 14.2 Å². The van der Waals surface area contributed by atoms with Crippen LogP contribution in [0.15, 0.2) is 47.6 Å². The van der Waals surface area contributed by atoms with Crippen LogP contribution >= 0.6 is 0 Å². The van der Waals surface area contributed by atoms with E-state index in [2.05, 4.69) is 21.7 Å². The molecule has 0 spiro atoms. The van der Waals surface area contributed by atoms with Crippen LogP contribution in [0.25, 0.3) is 0 Å². The van der Waals surface area contributed by atoms with E-state index in [4.69, 9.17) is 4.74 Å². The summed E-state index contributed by atoms with van der Waals surface area (Å²) in [4.78, 5) is 6.34. The van der Waals surface area contributed by atoms with Crippen LogP contribution in [0.1, 0.15) is 38.8 Å². The van der Waals surface area contributed by atoms with Gasteiger partial charge in [-0.2, -0.15) is 4.31 Å². The second-order valence-corrected chi connectivity index (χ2v) is 11.2. The van der Waals surface area contributed by atoms with Crippen molar-refractivity contribution in [3.63, 3.8) is 0 Å². The van der Waals surface area contributed by atoms with Crippen LogP contribution in [0.5, 0.6) is 5.75 Å². The molecule has 34 heavy (non-hydrogen) atoms. The lowest BCUT2D eigenvalue weighted by Crippen LogP contribution is -2.49. The summed E-state index contributed by atoms with van der Waals surface area (Å²) < 4.78 is 34.9. The van der Waals surface area contributed by atoms with E-state index in [-0.39, 0.29) is 36.0 Å². The number of sulfonamides is 1. The van der Waals surface area contributed by atoms with Gasteiger partial charge < -0.3 is 9.84 Å². The highest BCUT2D eigenvalue weighted by Crippen LogP contribution is 2.34. The summed E-state index contributed by atoms with van der Waals surface area (Å²) in [5.41, 5.74) is 1.85. The number of aromatic nitrogens is 1. The van der Waals surface area contributed by atoms with Crippen molar-refractivity contribution in [2.24, 2.45) is 11.8 Å². The molecule has 1 aromatic carbocycles. The molecule has 0 bridgehead atoms. The van der Waals surface area contributed by atoms with Crippen molar-refractivity contribution in [3.8, 4) is 17.6 Å². The molecule has 1 aliphatic rings. The third-order valence-electron chi connectivity index (χ3n) is 5.87. The van der Waals surface area contributed by atoms with E-state index in [0.29, 0.717) is 17.9 Å². The van der Waals surface area contributed by atoms with Gasteiger partial charge in [0.05, 0.1) is 6.61 Å². The zero-order valence-electron chi connectivity index (χ0n) is 20.6. The molecule has 7 nitrogen and oxygen atoms in total. The first kappa shape index (κ1) is 26.2. The Balaban J connectivity index is 1.99. The average molecular weight is 486 g/mol. The third-order valence-corrected chi connectivity index (χ3v) is 7.89. The van der Waals surface area contributed by atoms with Gasteiger partial charge in [-0.25, -0.2) is 8.42 Å². The summed E-state index contributed by atoms with van der Waals surface area (Å²) in [7, 11) is -1.84. The largest absolute Gasteiger partial charge is 0.487 e. The quantitative estimate of drug-likeness (QED) is 0.634. The van der Waals surface area contributed by atoms with Gasteiger partial charge in [-0.15, -0.1) is 0 Å². The Morgan fingerprint density at radius 1 is 1.24 bits per heavy atom. The highest BCUT2D eigenvalue weighted by atomic mass is 32.2. The molecule has 0 aliphatic carbocycles. The normalized spacial score (nSPS) is 21.1. The molecule has 0 saturated heterocycles. The van der Waals surface area contributed by atoms with Crippen LogP contribution in [0.3, 0.4) is 0 Å². The number of likely N-dealkylation sites (N-methyl/N-ethyl adjacent to an activating group) is 1. The number of ether oxygens (including phenoxy) is 1. The lowest BCUT2D eigenvalue weighted by atomic mass is 10.0. The van der Waals surface area contributed by atoms with Gasteiger partial charge >= 0.3 is 0 Å². The molecule has 1 N–H and O–H groups in total. The van der Waals surface area contributed by atoms with Crippen molar-refractivity contribution in [3.05, 3.63) is 53.9 Å². The molecule has 184 valence electrons. The van der Waals surface area contributed by atoms with Gasteiger partial charge in [0, 0.05) is 55.5 Å². The van der Waals surface area contributed by atoms with Gasteiger partial charge in [0.15, 0.2) is 0 Å². The maximum absolute atomic E-state index is 13.6. The Hall–Kier alpha value is -2.44. The van der Waals surface area contributed by atoms with E-state index in [1.165, 1.54) is 4.31 Å². The zero-order valence-corrected chi connectivity index (χ0v) is 21.4. The highest BCUT2D eigenvalue weighted by molar-refractivity contribution is 7.89. The van der Waals surface area contributed by atoms with Crippen molar-refractivity contribution in [2.45, 2.75) is 51.3 Å². The summed E-state index contributed by atoms with van der Waals surface area (Å²) in [6, 6.07) is 8.41. The highest BCUT2D eigenvalue weighted by Gasteiger charge is 2.38. The van der Waals surface area contributed by atoms with Crippen LogP contribution in [-0.2, 0) is 16.6 Å². The molecule has 0 fully saturated rings. The van der Waals surface area contributed by atoms with E-state index in [9.17, 15) is 13.5 Å². The molecule has 0 unspecified atom stereocenters. The minimum Gasteiger partial charge on any atom is -0.487 e. The minimum absolute atomic E-state index is 0.108. The Morgan fingerprint density at radius 3 is 2.59 bits per heavy atom. The smallest absolute Gasteiger partial charge is 0.247 e. The summed E-state index contributed by atoms with van der Waals surface area (Å²) in [6.07, 6.45) is 3.28. The topological polar surface area (TPSA) is 83.0 Å². The fourth-order valence-corrected chi connectivity index (χ4v) is 5.75.